The first-order valence-corrected chi connectivity index (χ1v) is 9.06. The Balaban J connectivity index is 1.75. The third kappa shape index (κ3) is 3.05. The van der Waals surface area contributed by atoms with Crippen molar-refractivity contribution in [2.75, 3.05) is 26.2 Å². The van der Waals surface area contributed by atoms with Gasteiger partial charge in [0.15, 0.2) is 0 Å². The predicted molar refractivity (Wildman–Crippen MR) is 86.8 cm³/mol. The van der Waals surface area contributed by atoms with Crippen molar-refractivity contribution >= 4 is 17.3 Å². The number of nitrogens with zero attached hydrogens (tertiary/aromatic N) is 2. The van der Waals surface area contributed by atoms with Crippen LogP contribution in [0.4, 0.5) is 0 Å². The van der Waals surface area contributed by atoms with E-state index in [1.54, 1.807) is 11.3 Å². The second-order valence-corrected chi connectivity index (χ2v) is 7.41. The summed E-state index contributed by atoms with van der Waals surface area (Å²) in [7, 11) is 0. The topological polar surface area (TPSA) is 54.5 Å². The lowest BCUT2D eigenvalue weighted by molar-refractivity contribution is -0.164. The van der Waals surface area contributed by atoms with Gasteiger partial charge in [0.25, 0.3) is 0 Å². The molecule has 0 aliphatic carbocycles. The maximum atomic E-state index is 12.7. The van der Waals surface area contributed by atoms with Crippen molar-refractivity contribution in [2.24, 2.45) is 5.41 Å². The van der Waals surface area contributed by atoms with Gasteiger partial charge in [-0.2, -0.15) is 0 Å². The number of carbonyl (C=O) groups excluding carboxylic acids is 1. The minimum absolute atomic E-state index is 0.0219. The Hall–Kier alpha value is -0.980. The molecule has 2 atom stereocenters. The zero-order valence-corrected chi connectivity index (χ0v) is 14.2. The minimum atomic E-state index is -0.377. The molecule has 0 spiro atoms. The molecule has 0 saturated carbocycles. The normalized spacial score (nSPS) is 29.1. The molecular weight excluding hydrogens is 298 g/mol. The van der Waals surface area contributed by atoms with Gasteiger partial charge in [-0.05, 0) is 39.7 Å². The molecular formula is C16H25N3O2S. The number of ether oxygens (including phenoxy) is 1. The maximum absolute atomic E-state index is 12.7. The van der Waals surface area contributed by atoms with Gasteiger partial charge in [0.05, 0.1) is 22.7 Å². The molecule has 2 aliphatic rings. The quantitative estimate of drug-likeness (QED) is 0.859. The molecule has 0 aromatic carbocycles. The molecule has 2 fully saturated rings. The van der Waals surface area contributed by atoms with Crippen molar-refractivity contribution in [2.45, 2.75) is 45.7 Å². The largest absolute Gasteiger partial charge is 0.465 e. The highest BCUT2D eigenvalue weighted by Crippen LogP contribution is 2.39. The smallest absolute Gasteiger partial charge is 0.314 e. The number of rotatable bonds is 4. The van der Waals surface area contributed by atoms with Gasteiger partial charge in [0.1, 0.15) is 0 Å². The number of hydrogen-bond donors (Lipinski definition) is 1. The summed E-state index contributed by atoms with van der Waals surface area (Å²) in [6, 6.07) is 0.258. The fraction of sp³-hybridized carbons (Fsp3) is 0.750. The molecule has 2 aliphatic heterocycles. The van der Waals surface area contributed by atoms with Crippen LogP contribution in [-0.4, -0.2) is 48.1 Å². The van der Waals surface area contributed by atoms with E-state index in [0.29, 0.717) is 6.61 Å². The monoisotopic (exact) mass is 323 g/mol. The van der Waals surface area contributed by atoms with Gasteiger partial charge in [-0.25, -0.2) is 4.98 Å². The molecule has 1 N–H and O–H groups in total. The Morgan fingerprint density at radius 2 is 2.50 bits per heavy atom. The maximum Gasteiger partial charge on any atom is 0.314 e. The Morgan fingerprint density at radius 3 is 3.23 bits per heavy atom. The van der Waals surface area contributed by atoms with Crippen LogP contribution in [0.15, 0.2) is 5.38 Å². The second-order valence-electron chi connectivity index (χ2n) is 6.34. The molecule has 2 saturated heterocycles. The van der Waals surface area contributed by atoms with Crippen molar-refractivity contribution in [1.29, 1.82) is 0 Å². The van der Waals surface area contributed by atoms with Crippen LogP contribution in [0.25, 0.3) is 0 Å². The summed E-state index contributed by atoms with van der Waals surface area (Å²) in [5.74, 6) is -0.0219. The summed E-state index contributed by atoms with van der Waals surface area (Å²) >= 11 is 1.69. The number of fused-ring (bicyclic) bond motifs is 1. The number of esters is 1. The Morgan fingerprint density at radius 1 is 1.64 bits per heavy atom. The molecule has 0 radical (unpaired) electrons. The SMILES string of the molecule is CCOC(=O)[C@@]12CCCN[C@H]1CCN(Cc1csc(C)n1)C2. The molecule has 3 heterocycles. The van der Waals surface area contributed by atoms with Crippen LogP contribution in [0.2, 0.25) is 0 Å². The number of piperidine rings is 2. The van der Waals surface area contributed by atoms with Gasteiger partial charge in [0, 0.05) is 31.1 Å². The number of thiazole rings is 1. The summed E-state index contributed by atoms with van der Waals surface area (Å²) < 4.78 is 5.43. The molecule has 0 amide bonds. The van der Waals surface area contributed by atoms with E-state index in [0.717, 1.165) is 56.1 Å². The Bertz CT molecular complexity index is 533. The van der Waals surface area contributed by atoms with E-state index in [2.05, 4.69) is 20.6 Å². The van der Waals surface area contributed by atoms with Crippen LogP contribution >= 0.6 is 11.3 Å². The number of carbonyl (C=O) groups is 1. The third-order valence-electron chi connectivity index (χ3n) is 4.83. The summed E-state index contributed by atoms with van der Waals surface area (Å²) in [6.45, 7) is 8.01. The van der Waals surface area contributed by atoms with Crippen molar-refractivity contribution in [3.63, 3.8) is 0 Å². The second kappa shape index (κ2) is 6.64. The molecule has 22 heavy (non-hydrogen) atoms. The molecule has 1 aromatic heterocycles. The van der Waals surface area contributed by atoms with E-state index in [4.69, 9.17) is 4.74 Å². The predicted octanol–water partition coefficient (Wildman–Crippen LogP) is 1.96. The minimum Gasteiger partial charge on any atom is -0.465 e. The molecule has 5 nitrogen and oxygen atoms in total. The third-order valence-corrected chi connectivity index (χ3v) is 5.65. The van der Waals surface area contributed by atoms with Crippen LogP contribution in [-0.2, 0) is 16.1 Å². The number of nitrogens with one attached hydrogen (secondary N) is 1. The first kappa shape index (κ1) is 15.9. The molecule has 1 aromatic rings. The highest BCUT2D eigenvalue weighted by Gasteiger charge is 2.51. The van der Waals surface area contributed by atoms with E-state index < -0.39 is 0 Å². The van der Waals surface area contributed by atoms with E-state index in [1.165, 1.54) is 0 Å². The fourth-order valence-corrected chi connectivity index (χ4v) is 4.44. The molecule has 3 rings (SSSR count). The van der Waals surface area contributed by atoms with E-state index >= 15 is 0 Å². The highest BCUT2D eigenvalue weighted by molar-refractivity contribution is 7.09. The zero-order valence-electron chi connectivity index (χ0n) is 13.4. The zero-order chi connectivity index (χ0) is 15.6. The number of hydrogen-bond acceptors (Lipinski definition) is 6. The summed E-state index contributed by atoms with van der Waals surface area (Å²) in [6.07, 6.45) is 2.97. The van der Waals surface area contributed by atoms with E-state index in [-0.39, 0.29) is 17.4 Å². The standard InChI is InChI=1S/C16H25N3O2S/c1-3-21-15(20)16-6-4-7-17-14(16)5-8-19(11-16)9-13-10-22-12(2)18-13/h10,14,17H,3-9,11H2,1-2H3/t14-,16+/m0/s1. The number of aryl methyl sites for hydroxylation is 1. The van der Waals surface area contributed by atoms with Gasteiger partial charge in [-0.15, -0.1) is 11.3 Å². The Labute approximate surface area is 136 Å². The van der Waals surface area contributed by atoms with Gasteiger partial charge >= 0.3 is 5.97 Å². The summed E-state index contributed by atoms with van der Waals surface area (Å²) in [5, 5.41) is 6.77. The summed E-state index contributed by atoms with van der Waals surface area (Å²) in [4.78, 5) is 19.6. The van der Waals surface area contributed by atoms with Crippen LogP contribution in [0.3, 0.4) is 0 Å². The van der Waals surface area contributed by atoms with E-state index in [9.17, 15) is 4.79 Å². The lowest BCUT2D eigenvalue weighted by Crippen LogP contribution is -2.63. The van der Waals surface area contributed by atoms with Gasteiger partial charge in [-0.1, -0.05) is 0 Å². The summed E-state index contributed by atoms with van der Waals surface area (Å²) in [5.41, 5.74) is 0.737. The van der Waals surface area contributed by atoms with Crippen LogP contribution in [0.1, 0.15) is 36.9 Å². The van der Waals surface area contributed by atoms with Gasteiger partial charge in [0.2, 0.25) is 0 Å². The molecule has 6 heteroatoms. The highest BCUT2D eigenvalue weighted by atomic mass is 32.1. The first-order valence-electron chi connectivity index (χ1n) is 8.18. The van der Waals surface area contributed by atoms with Crippen LogP contribution < -0.4 is 5.32 Å². The molecule has 122 valence electrons. The number of likely N-dealkylation sites (tertiary alicyclic amines) is 1. The Kier molecular flexibility index (Phi) is 4.80. The van der Waals surface area contributed by atoms with Crippen molar-refractivity contribution in [1.82, 2.24) is 15.2 Å². The van der Waals surface area contributed by atoms with E-state index in [1.807, 2.05) is 13.8 Å². The van der Waals surface area contributed by atoms with Crippen molar-refractivity contribution < 1.29 is 9.53 Å². The lowest BCUT2D eigenvalue weighted by Gasteiger charge is -2.49. The average molecular weight is 323 g/mol. The average Bonchev–Trinajstić information content (AvgIpc) is 2.92. The van der Waals surface area contributed by atoms with Crippen LogP contribution in [0, 0.1) is 12.3 Å². The fourth-order valence-electron chi connectivity index (χ4n) is 3.84. The molecule has 0 unspecified atom stereocenters. The number of aromatic nitrogens is 1. The van der Waals surface area contributed by atoms with Crippen molar-refractivity contribution in [3.05, 3.63) is 16.1 Å². The van der Waals surface area contributed by atoms with Crippen molar-refractivity contribution in [3.8, 4) is 0 Å². The van der Waals surface area contributed by atoms with Gasteiger partial charge < -0.3 is 10.1 Å². The van der Waals surface area contributed by atoms with Gasteiger partial charge in [-0.3, -0.25) is 9.69 Å². The first-order chi connectivity index (χ1) is 10.6. The van der Waals surface area contributed by atoms with Crippen LogP contribution in [0.5, 0.6) is 0 Å². The molecule has 0 bridgehead atoms. The lowest BCUT2D eigenvalue weighted by atomic mass is 9.70.